The number of hydrogen-bond acceptors (Lipinski definition) is 4. The van der Waals surface area contributed by atoms with Crippen LogP contribution in [0.4, 0.5) is 0 Å². The van der Waals surface area contributed by atoms with Gasteiger partial charge < -0.3 is 9.90 Å². The highest BCUT2D eigenvalue weighted by atomic mass is 35.5. The Morgan fingerprint density at radius 1 is 1.13 bits per heavy atom. The first-order chi connectivity index (χ1) is 10.9. The molecule has 0 saturated carbocycles. The minimum absolute atomic E-state index is 0.0482. The minimum Gasteiger partial charge on any atom is -0.545 e. The minimum atomic E-state index is -3.79. The Bertz CT molecular complexity index is 879. The molecule has 5 nitrogen and oxygen atoms in total. The van der Waals surface area contributed by atoms with Crippen molar-refractivity contribution in [1.82, 2.24) is 4.31 Å². The molecule has 0 bridgehead atoms. The van der Waals surface area contributed by atoms with Gasteiger partial charge in [0.2, 0.25) is 10.0 Å². The summed E-state index contributed by atoms with van der Waals surface area (Å²) in [6.07, 6.45) is 0.621. The lowest BCUT2D eigenvalue weighted by molar-refractivity contribution is -0.255. The van der Waals surface area contributed by atoms with Gasteiger partial charge in [0.1, 0.15) is 0 Å². The first-order valence-electron chi connectivity index (χ1n) is 6.97. The van der Waals surface area contributed by atoms with Crippen molar-refractivity contribution in [3.63, 3.8) is 0 Å². The second kappa shape index (κ2) is 5.96. The maximum Gasteiger partial charge on any atom is 0.243 e. The number of sulfonamides is 1. The normalized spacial score (nSPS) is 15.2. The van der Waals surface area contributed by atoms with Crippen LogP contribution in [0.3, 0.4) is 0 Å². The molecule has 0 N–H and O–H groups in total. The van der Waals surface area contributed by atoms with Crippen molar-refractivity contribution in [2.24, 2.45) is 0 Å². The van der Waals surface area contributed by atoms with E-state index in [0.717, 1.165) is 17.2 Å². The number of rotatable bonds is 3. The summed E-state index contributed by atoms with van der Waals surface area (Å²) >= 11 is 5.76. The van der Waals surface area contributed by atoms with E-state index in [1.807, 2.05) is 24.3 Å². The molecule has 0 unspecified atom stereocenters. The van der Waals surface area contributed by atoms with Gasteiger partial charge in [-0.1, -0.05) is 35.9 Å². The Labute approximate surface area is 139 Å². The van der Waals surface area contributed by atoms with Crippen LogP contribution in [0.1, 0.15) is 21.5 Å². The van der Waals surface area contributed by atoms with Crippen molar-refractivity contribution in [2.45, 2.75) is 17.9 Å². The molecule has 23 heavy (non-hydrogen) atoms. The topological polar surface area (TPSA) is 77.5 Å². The summed E-state index contributed by atoms with van der Waals surface area (Å²) in [4.78, 5) is 10.9. The molecule has 0 spiro atoms. The number of hydrogen-bond donors (Lipinski definition) is 0. The number of fused-ring (bicyclic) bond motifs is 1. The fraction of sp³-hybridized carbons (Fsp3) is 0.188. The molecular weight excluding hydrogens is 338 g/mol. The Balaban J connectivity index is 1.97. The molecule has 0 fully saturated rings. The third-order valence-corrected chi connectivity index (χ3v) is 6.06. The molecule has 120 valence electrons. The number of benzene rings is 2. The van der Waals surface area contributed by atoms with E-state index in [4.69, 9.17) is 11.6 Å². The van der Waals surface area contributed by atoms with Crippen LogP contribution in [0.25, 0.3) is 0 Å². The van der Waals surface area contributed by atoms with Crippen molar-refractivity contribution in [3.05, 3.63) is 64.2 Å². The third-order valence-electron chi connectivity index (χ3n) is 3.89. The molecule has 7 heteroatoms. The van der Waals surface area contributed by atoms with Gasteiger partial charge in [-0.2, -0.15) is 4.31 Å². The van der Waals surface area contributed by atoms with Crippen LogP contribution in [-0.2, 0) is 23.0 Å². The summed E-state index contributed by atoms with van der Waals surface area (Å²) in [5.41, 5.74) is 1.76. The van der Waals surface area contributed by atoms with E-state index in [2.05, 4.69) is 0 Å². The number of carbonyl (C=O) groups excluding carboxylic acids is 1. The molecule has 0 amide bonds. The largest absolute Gasteiger partial charge is 0.545 e. The number of carboxylic acids is 1. The zero-order valence-electron chi connectivity index (χ0n) is 12.0. The second-order valence-corrected chi connectivity index (χ2v) is 7.63. The van der Waals surface area contributed by atoms with Crippen LogP contribution in [-0.4, -0.2) is 25.2 Å². The lowest BCUT2D eigenvalue weighted by Crippen LogP contribution is -2.36. The lowest BCUT2D eigenvalue weighted by atomic mass is 10.0. The van der Waals surface area contributed by atoms with E-state index in [1.54, 1.807) is 0 Å². The highest BCUT2D eigenvalue weighted by Crippen LogP contribution is 2.27. The van der Waals surface area contributed by atoms with E-state index in [-0.39, 0.29) is 22.0 Å². The van der Waals surface area contributed by atoms with E-state index >= 15 is 0 Å². The van der Waals surface area contributed by atoms with Gasteiger partial charge in [-0.15, -0.1) is 0 Å². The van der Waals surface area contributed by atoms with Crippen LogP contribution >= 0.6 is 11.6 Å². The summed E-state index contributed by atoms with van der Waals surface area (Å²) in [6, 6.07) is 11.3. The third kappa shape index (κ3) is 2.97. The monoisotopic (exact) mass is 350 g/mol. The Kier molecular flexibility index (Phi) is 4.14. The summed E-state index contributed by atoms with van der Waals surface area (Å²) in [6.45, 7) is 0.615. The predicted molar refractivity (Wildman–Crippen MR) is 83.5 cm³/mol. The van der Waals surface area contributed by atoms with Gasteiger partial charge in [0.25, 0.3) is 0 Å². The maximum absolute atomic E-state index is 12.8. The van der Waals surface area contributed by atoms with Crippen molar-refractivity contribution in [1.29, 1.82) is 0 Å². The molecule has 0 aromatic heterocycles. The zero-order valence-corrected chi connectivity index (χ0v) is 13.6. The summed E-state index contributed by atoms with van der Waals surface area (Å²) in [5, 5.41) is 11.0. The Hall–Kier alpha value is -1.89. The maximum atomic E-state index is 12.8. The van der Waals surface area contributed by atoms with E-state index in [1.165, 1.54) is 16.4 Å². The molecule has 1 aliphatic rings. The van der Waals surface area contributed by atoms with E-state index in [9.17, 15) is 18.3 Å². The van der Waals surface area contributed by atoms with Gasteiger partial charge in [-0.25, -0.2) is 8.42 Å². The lowest BCUT2D eigenvalue weighted by Gasteiger charge is -2.28. The van der Waals surface area contributed by atoms with Crippen LogP contribution < -0.4 is 5.11 Å². The average Bonchev–Trinajstić information content (AvgIpc) is 2.54. The number of nitrogens with zero attached hydrogens (tertiary/aromatic N) is 1. The Morgan fingerprint density at radius 3 is 2.52 bits per heavy atom. The number of carbonyl (C=O) groups is 1. The van der Waals surface area contributed by atoms with Crippen molar-refractivity contribution in [2.75, 3.05) is 6.54 Å². The standard InChI is InChI=1S/C16H14ClNO4S/c17-15-6-5-13(9-14(15)16(19)20)23(21,22)18-8-7-11-3-1-2-4-12(11)10-18/h1-6,9H,7-8,10H2,(H,19,20)/p-1. The second-order valence-electron chi connectivity index (χ2n) is 5.29. The molecular formula is C16H13ClNO4S-. The smallest absolute Gasteiger partial charge is 0.243 e. The van der Waals surface area contributed by atoms with Crippen LogP contribution in [0.15, 0.2) is 47.4 Å². The van der Waals surface area contributed by atoms with Gasteiger partial charge >= 0.3 is 0 Å². The first-order valence-corrected chi connectivity index (χ1v) is 8.79. The summed E-state index contributed by atoms with van der Waals surface area (Å²) < 4.78 is 26.9. The summed E-state index contributed by atoms with van der Waals surface area (Å²) in [5.74, 6) is -1.50. The molecule has 3 rings (SSSR count). The van der Waals surface area contributed by atoms with E-state index in [0.29, 0.717) is 13.0 Å². The quantitative estimate of drug-likeness (QED) is 0.839. The molecule has 0 aliphatic carbocycles. The number of carboxylic acid groups (broad SMARTS) is 1. The summed E-state index contributed by atoms with van der Waals surface area (Å²) in [7, 11) is -3.79. The highest BCUT2D eigenvalue weighted by Gasteiger charge is 2.28. The van der Waals surface area contributed by atoms with Crippen LogP contribution in [0, 0.1) is 0 Å². The molecule has 1 aliphatic heterocycles. The molecule has 1 heterocycles. The van der Waals surface area contributed by atoms with Crippen molar-refractivity contribution < 1.29 is 18.3 Å². The van der Waals surface area contributed by atoms with Crippen molar-refractivity contribution >= 4 is 27.6 Å². The number of halogens is 1. The van der Waals surface area contributed by atoms with Gasteiger partial charge in [-0.3, -0.25) is 0 Å². The van der Waals surface area contributed by atoms with Crippen LogP contribution in [0.2, 0.25) is 5.02 Å². The Morgan fingerprint density at radius 2 is 1.83 bits per heavy atom. The van der Waals surface area contributed by atoms with Crippen LogP contribution in [0.5, 0.6) is 0 Å². The molecule has 0 atom stereocenters. The van der Waals surface area contributed by atoms with Gasteiger partial charge in [0.05, 0.1) is 10.9 Å². The fourth-order valence-corrected chi connectivity index (χ4v) is 4.29. The average molecular weight is 351 g/mol. The number of aromatic carboxylic acids is 1. The molecule has 2 aromatic rings. The predicted octanol–water partition coefficient (Wildman–Crippen LogP) is 1.45. The highest BCUT2D eigenvalue weighted by molar-refractivity contribution is 7.89. The van der Waals surface area contributed by atoms with Gasteiger partial charge in [-0.05, 0) is 35.7 Å². The van der Waals surface area contributed by atoms with Gasteiger partial charge in [0.15, 0.2) is 0 Å². The van der Waals surface area contributed by atoms with Gasteiger partial charge in [0, 0.05) is 23.7 Å². The SMILES string of the molecule is O=C([O-])c1cc(S(=O)(=O)N2CCc3ccccc3C2)ccc1Cl. The molecule has 0 radical (unpaired) electrons. The first kappa shape index (κ1) is 16.0. The molecule has 0 saturated heterocycles. The zero-order chi connectivity index (χ0) is 16.6. The molecule has 2 aromatic carbocycles. The van der Waals surface area contributed by atoms with Crippen molar-refractivity contribution in [3.8, 4) is 0 Å². The van der Waals surface area contributed by atoms with E-state index < -0.39 is 16.0 Å². The fourth-order valence-electron chi connectivity index (χ4n) is 2.65.